The first-order valence-corrected chi connectivity index (χ1v) is 9.88. The molecule has 0 spiro atoms. The van der Waals surface area contributed by atoms with E-state index in [0.717, 1.165) is 11.3 Å². The van der Waals surface area contributed by atoms with Crippen molar-refractivity contribution in [2.24, 2.45) is 5.92 Å². The lowest BCUT2D eigenvalue weighted by Crippen LogP contribution is -3.07. The number of rotatable bonds is 10. The Morgan fingerprint density at radius 2 is 1.66 bits per heavy atom. The molecule has 0 heterocycles. The lowest BCUT2D eigenvalue weighted by Gasteiger charge is -2.23. The van der Waals surface area contributed by atoms with Crippen molar-refractivity contribution in [3.8, 4) is 17.2 Å². The third-order valence-electron chi connectivity index (χ3n) is 4.67. The fraction of sp³-hybridized carbons (Fsp3) is 0.435. The summed E-state index contributed by atoms with van der Waals surface area (Å²) in [6, 6.07) is 13.2. The van der Waals surface area contributed by atoms with E-state index in [1.807, 2.05) is 30.3 Å². The number of nitrogens with one attached hydrogen (secondary N) is 2. The molecule has 2 N–H and O–H groups in total. The van der Waals surface area contributed by atoms with Crippen LogP contribution in [0.5, 0.6) is 17.2 Å². The van der Waals surface area contributed by atoms with Crippen molar-refractivity contribution in [3.05, 3.63) is 53.6 Å². The van der Waals surface area contributed by atoms with Crippen LogP contribution >= 0.6 is 0 Å². The van der Waals surface area contributed by atoms with Crippen LogP contribution in [0.25, 0.3) is 0 Å². The van der Waals surface area contributed by atoms with Crippen LogP contribution in [0.15, 0.2) is 42.5 Å². The molecule has 29 heavy (non-hydrogen) atoms. The number of hydrogen-bond donors (Lipinski definition) is 2. The molecule has 0 saturated carbocycles. The van der Waals surface area contributed by atoms with Gasteiger partial charge in [-0.25, -0.2) is 0 Å². The minimum atomic E-state index is -0.105. The summed E-state index contributed by atoms with van der Waals surface area (Å²) in [6.45, 7) is 5.36. The highest BCUT2D eigenvalue weighted by Gasteiger charge is 2.21. The van der Waals surface area contributed by atoms with Crippen LogP contribution in [0.4, 0.5) is 0 Å². The second kappa shape index (κ2) is 10.7. The highest BCUT2D eigenvalue weighted by molar-refractivity contribution is 5.94. The molecule has 2 aromatic rings. The van der Waals surface area contributed by atoms with Crippen molar-refractivity contribution in [1.29, 1.82) is 0 Å². The SMILES string of the molecule is COc1ccc([C@H](CNC(=O)c2ccc(OCC(C)C)cc2)[NH+](C)C)cc1OC. The topological polar surface area (TPSA) is 61.2 Å². The number of quaternary nitrogens is 1. The van der Waals surface area contributed by atoms with Crippen molar-refractivity contribution >= 4 is 5.91 Å². The third kappa shape index (κ3) is 6.39. The van der Waals surface area contributed by atoms with Crippen LogP contribution in [0, 0.1) is 5.92 Å². The van der Waals surface area contributed by atoms with Crippen molar-refractivity contribution < 1.29 is 23.9 Å². The van der Waals surface area contributed by atoms with E-state index < -0.39 is 0 Å². The molecule has 6 nitrogen and oxygen atoms in total. The largest absolute Gasteiger partial charge is 0.493 e. The molecule has 0 aliphatic carbocycles. The van der Waals surface area contributed by atoms with Gasteiger partial charge < -0.3 is 24.4 Å². The van der Waals surface area contributed by atoms with Crippen LogP contribution in [0.1, 0.15) is 35.8 Å². The number of methoxy groups -OCH3 is 2. The lowest BCUT2D eigenvalue weighted by molar-refractivity contribution is -0.890. The smallest absolute Gasteiger partial charge is 0.251 e. The van der Waals surface area contributed by atoms with Crippen LogP contribution in [-0.4, -0.2) is 47.4 Å². The molecule has 0 saturated heterocycles. The van der Waals surface area contributed by atoms with Gasteiger partial charge in [0.15, 0.2) is 11.5 Å². The van der Waals surface area contributed by atoms with Gasteiger partial charge in [0, 0.05) is 11.1 Å². The van der Waals surface area contributed by atoms with Gasteiger partial charge >= 0.3 is 0 Å². The number of hydrogen-bond acceptors (Lipinski definition) is 4. The van der Waals surface area contributed by atoms with Gasteiger partial charge in [-0.1, -0.05) is 13.8 Å². The number of benzene rings is 2. The highest BCUT2D eigenvalue weighted by Crippen LogP contribution is 2.29. The zero-order valence-electron chi connectivity index (χ0n) is 18.2. The molecule has 1 amide bonds. The molecular formula is C23H33N2O4+. The third-order valence-corrected chi connectivity index (χ3v) is 4.67. The molecular weight excluding hydrogens is 368 g/mol. The Bertz CT molecular complexity index is 788. The Labute approximate surface area is 173 Å². The second-order valence-corrected chi connectivity index (χ2v) is 7.68. The van der Waals surface area contributed by atoms with Crippen LogP contribution in [0.3, 0.4) is 0 Å². The molecule has 2 rings (SSSR count). The van der Waals surface area contributed by atoms with Gasteiger partial charge in [-0.05, 0) is 48.4 Å². The highest BCUT2D eigenvalue weighted by atomic mass is 16.5. The van der Waals surface area contributed by atoms with Crippen molar-refractivity contribution in [1.82, 2.24) is 5.32 Å². The minimum Gasteiger partial charge on any atom is -0.493 e. The van der Waals surface area contributed by atoms with E-state index in [0.29, 0.717) is 36.1 Å². The van der Waals surface area contributed by atoms with E-state index in [1.54, 1.807) is 26.4 Å². The zero-order chi connectivity index (χ0) is 21.4. The van der Waals surface area contributed by atoms with Crippen molar-refractivity contribution in [3.63, 3.8) is 0 Å². The number of amides is 1. The first kappa shape index (κ1) is 22.6. The average molecular weight is 402 g/mol. The molecule has 0 fully saturated rings. The normalized spacial score (nSPS) is 12.0. The molecule has 6 heteroatoms. The van der Waals surface area contributed by atoms with Gasteiger partial charge in [-0.3, -0.25) is 4.79 Å². The Balaban J connectivity index is 2.04. The van der Waals surface area contributed by atoms with Crippen LogP contribution in [-0.2, 0) is 0 Å². The van der Waals surface area contributed by atoms with Crippen molar-refractivity contribution in [2.45, 2.75) is 19.9 Å². The summed E-state index contributed by atoms with van der Waals surface area (Å²) in [6.07, 6.45) is 0. The van der Waals surface area contributed by atoms with E-state index in [2.05, 4.69) is 33.3 Å². The summed E-state index contributed by atoms with van der Waals surface area (Å²) in [5.41, 5.74) is 1.68. The first-order valence-electron chi connectivity index (χ1n) is 9.88. The summed E-state index contributed by atoms with van der Waals surface area (Å²) >= 11 is 0. The minimum absolute atomic E-state index is 0.0763. The summed E-state index contributed by atoms with van der Waals surface area (Å²) < 4.78 is 16.4. The molecule has 158 valence electrons. The standard InChI is InChI=1S/C23H32N2O4/c1-16(2)15-29-19-10-7-17(8-11-19)23(26)24-14-20(25(3)4)18-9-12-21(27-5)22(13-18)28-6/h7-13,16,20H,14-15H2,1-6H3,(H,24,26)/p+1/t20-/m0/s1. The monoisotopic (exact) mass is 401 g/mol. The predicted octanol–water partition coefficient (Wildman–Crippen LogP) is 2.35. The summed E-state index contributed by atoms with van der Waals surface area (Å²) in [7, 11) is 7.36. The lowest BCUT2D eigenvalue weighted by atomic mass is 10.0. The molecule has 0 aliphatic rings. The van der Waals surface area contributed by atoms with E-state index in [4.69, 9.17) is 14.2 Å². The van der Waals surface area contributed by atoms with Gasteiger partial charge in [0.25, 0.3) is 5.91 Å². The van der Waals surface area contributed by atoms with Crippen LogP contribution in [0.2, 0.25) is 0 Å². The van der Waals surface area contributed by atoms with E-state index in [1.165, 1.54) is 4.90 Å². The number of ether oxygens (including phenoxy) is 3. The molecule has 0 bridgehead atoms. The van der Waals surface area contributed by atoms with Gasteiger partial charge in [0.05, 0.1) is 41.5 Å². The summed E-state index contributed by atoms with van der Waals surface area (Å²) in [4.78, 5) is 13.8. The second-order valence-electron chi connectivity index (χ2n) is 7.68. The fourth-order valence-electron chi connectivity index (χ4n) is 2.99. The molecule has 0 radical (unpaired) electrons. The Morgan fingerprint density at radius 1 is 1.00 bits per heavy atom. The molecule has 0 aromatic heterocycles. The first-order chi connectivity index (χ1) is 13.8. The van der Waals surface area contributed by atoms with E-state index in [9.17, 15) is 4.79 Å². The number of likely N-dealkylation sites (N-methyl/N-ethyl adjacent to an activating group) is 1. The summed E-state index contributed by atoms with van der Waals surface area (Å²) in [5.74, 6) is 2.50. The van der Waals surface area contributed by atoms with Gasteiger partial charge in [-0.15, -0.1) is 0 Å². The number of carbonyl (C=O) groups is 1. The molecule has 0 aliphatic heterocycles. The van der Waals surface area contributed by atoms with Crippen LogP contribution < -0.4 is 24.4 Å². The van der Waals surface area contributed by atoms with E-state index in [-0.39, 0.29) is 11.9 Å². The molecule has 2 aromatic carbocycles. The van der Waals surface area contributed by atoms with Gasteiger partial charge in [0.1, 0.15) is 11.8 Å². The number of carbonyl (C=O) groups excluding carboxylic acids is 1. The van der Waals surface area contributed by atoms with Gasteiger partial charge in [0.2, 0.25) is 0 Å². The zero-order valence-corrected chi connectivity index (χ0v) is 18.2. The molecule has 1 atom stereocenters. The van der Waals surface area contributed by atoms with Crippen molar-refractivity contribution in [2.75, 3.05) is 41.5 Å². The maximum absolute atomic E-state index is 12.6. The summed E-state index contributed by atoms with van der Waals surface area (Å²) in [5, 5.41) is 3.04. The average Bonchev–Trinajstić information content (AvgIpc) is 2.72. The Hall–Kier alpha value is -2.73. The Morgan fingerprint density at radius 3 is 2.21 bits per heavy atom. The Kier molecular flexibility index (Phi) is 8.34. The van der Waals surface area contributed by atoms with Gasteiger partial charge in [-0.2, -0.15) is 0 Å². The molecule has 0 unspecified atom stereocenters. The quantitative estimate of drug-likeness (QED) is 0.642. The maximum Gasteiger partial charge on any atom is 0.251 e. The maximum atomic E-state index is 12.6. The predicted molar refractivity (Wildman–Crippen MR) is 114 cm³/mol. The van der Waals surface area contributed by atoms with E-state index >= 15 is 0 Å². The fourth-order valence-corrected chi connectivity index (χ4v) is 2.99.